The van der Waals surface area contributed by atoms with Gasteiger partial charge in [-0.2, -0.15) is 0 Å². The number of hydrogen-bond donors (Lipinski definition) is 2. The van der Waals surface area contributed by atoms with Gasteiger partial charge in [-0.25, -0.2) is 0 Å². The van der Waals surface area contributed by atoms with Gasteiger partial charge in [0, 0.05) is 18.5 Å². The minimum absolute atomic E-state index is 0.137. The summed E-state index contributed by atoms with van der Waals surface area (Å²) in [5.41, 5.74) is 4.02. The minimum atomic E-state index is 0.137. The van der Waals surface area contributed by atoms with Crippen LogP contribution in [0.2, 0.25) is 0 Å². The molecule has 0 aromatic heterocycles. The maximum Gasteiger partial charge on any atom is 0.275 e. The second-order valence-electron chi connectivity index (χ2n) is 6.32. The number of carbonyl (C=O) groups excluding carboxylic acids is 1. The maximum atomic E-state index is 12.2. The van der Waals surface area contributed by atoms with Crippen molar-refractivity contribution >= 4 is 5.91 Å². The van der Waals surface area contributed by atoms with Crippen molar-refractivity contribution < 1.29 is 14.4 Å². The van der Waals surface area contributed by atoms with E-state index in [1.54, 1.807) is 7.11 Å². The fourth-order valence-electron chi connectivity index (χ4n) is 3.22. The number of methoxy groups -OCH3 is 1. The normalized spacial score (nSPS) is 16.3. The second-order valence-corrected chi connectivity index (χ2v) is 6.32. The molecule has 0 bridgehead atoms. The predicted octanol–water partition coefficient (Wildman–Crippen LogP) is 0.995. The van der Waals surface area contributed by atoms with E-state index in [0.29, 0.717) is 13.1 Å². The van der Waals surface area contributed by atoms with E-state index < -0.39 is 0 Å². The average Bonchev–Trinajstić information content (AvgIpc) is 2.62. The first-order valence-corrected chi connectivity index (χ1v) is 8.54. The summed E-state index contributed by atoms with van der Waals surface area (Å²) in [6.45, 7) is 3.21. The highest BCUT2D eigenvalue weighted by molar-refractivity contribution is 5.76. The molecule has 4 nitrogen and oxygen atoms in total. The summed E-state index contributed by atoms with van der Waals surface area (Å²) >= 11 is 0. The number of fused-ring (bicyclic) bond motifs is 1. The van der Waals surface area contributed by atoms with E-state index in [2.05, 4.69) is 29.6 Å². The molecule has 1 atom stereocenters. The molecule has 0 fully saturated rings. The number of quaternary nitrogens is 1. The highest BCUT2D eigenvalue weighted by Crippen LogP contribution is 2.11. The van der Waals surface area contributed by atoms with Crippen molar-refractivity contribution in [2.45, 2.75) is 19.4 Å². The number of benzene rings is 2. The third-order valence-electron chi connectivity index (χ3n) is 4.61. The fraction of sp³-hybridized carbons (Fsp3) is 0.350. The zero-order valence-electron chi connectivity index (χ0n) is 14.2. The Morgan fingerprint density at radius 3 is 2.62 bits per heavy atom. The van der Waals surface area contributed by atoms with Gasteiger partial charge < -0.3 is 15.0 Å². The molecular weight excluding hydrogens is 300 g/mol. The van der Waals surface area contributed by atoms with Crippen molar-refractivity contribution in [1.82, 2.24) is 5.32 Å². The molecule has 1 aliphatic heterocycles. The Hall–Kier alpha value is -2.33. The van der Waals surface area contributed by atoms with Gasteiger partial charge in [0.05, 0.1) is 13.7 Å². The molecule has 1 aliphatic rings. The van der Waals surface area contributed by atoms with E-state index >= 15 is 0 Å². The lowest BCUT2D eigenvalue weighted by molar-refractivity contribution is -0.908. The zero-order valence-corrected chi connectivity index (χ0v) is 14.2. The van der Waals surface area contributed by atoms with Crippen molar-refractivity contribution in [2.24, 2.45) is 0 Å². The van der Waals surface area contributed by atoms with E-state index in [-0.39, 0.29) is 5.91 Å². The van der Waals surface area contributed by atoms with Gasteiger partial charge in [0.2, 0.25) is 0 Å². The molecule has 0 spiro atoms. The molecule has 2 N–H and O–H groups in total. The summed E-state index contributed by atoms with van der Waals surface area (Å²) in [6, 6.07) is 16.5. The molecule has 126 valence electrons. The molecule has 1 amide bonds. The van der Waals surface area contributed by atoms with Gasteiger partial charge in [-0.3, -0.25) is 4.79 Å². The Labute approximate surface area is 143 Å². The molecular formula is C20H25N2O2+. The lowest BCUT2D eigenvalue weighted by Crippen LogP contribution is -3.12. The number of amides is 1. The van der Waals surface area contributed by atoms with Gasteiger partial charge in [-0.15, -0.1) is 0 Å². The van der Waals surface area contributed by atoms with E-state index in [1.165, 1.54) is 21.6 Å². The molecule has 0 saturated heterocycles. The van der Waals surface area contributed by atoms with Gasteiger partial charge in [0.1, 0.15) is 12.3 Å². The third-order valence-corrected chi connectivity index (χ3v) is 4.61. The van der Waals surface area contributed by atoms with Crippen LogP contribution in [0.1, 0.15) is 16.7 Å². The average molecular weight is 325 g/mol. The molecule has 24 heavy (non-hydrogen) atoms. The van der Waals surface area contributed by atoms with Crippen molar-refractivity contribution in [2.75, 3.05) is 26.7 Å². The van der Waals surface area contributed by atoms with Crippen LogP contribution >= 0.6 is 0 Å². The van der Waals surface area contributed by atoms with Crippen LogP contribution in [0.25, 0.3) is 0 Å². The van der Waals surface area contributed by atoms with Gasteiger partial charge in [0.25, 0.3) is 5.91 Å². The van der Waals surface area contributed by atoms with Crippen LogP contribution in [0.5, 0.6) is 5.75 Å². The monoisotopic (exact) mass is 325 g/mol. The Balaban J connectivity index is 1.41. The smallest absolute Gasteiger partial charge is 0.275 e. The summed E-state index contributed by atoms with van der Waals surface area (Å²) in [6.07, 6.45) is 1.90. The number of carbonyl (C=O) groups is 1. The van der Waals surface area contributed by atoms with Crippen molar-refractivity contribution in [3.05, 3.63) is 65.2 Å². The minimum Gasteiger partial charge on any atom is -0.497 e. The topological polar surface area (TPSA) is 42.8 Å². The van der Waals surface area contributed by atoms with Gasteiger partial charge >= 0.3 is 0 Å². The molecule has 4 heteroatoms. The lowest BCUT2D eigenvalue weighted by atomic mass is 10.00. The summed E-state index contributed by atoms with van der Waals surface area (Å²) in [5, 5.41) is 3.04. The molecule has 2 aromatic rings. The molecule has 2 aromatic carbocycles. The fourth-order valence-corrected chi connectivity index (χ4v) is 3.22. The Bertz CT molecular complexity index is 682. The van der Waals surface area contributed by atoms with Crippen LogP contribution in [0, 0.1) is 0 Å². The van der Waals surface area contributed by atoms with Gasteiger partial charge in [-0.1, -0.05) is 36.4 Å². The molecule has 3 rings (SSSR count). The number of rotatable bonds is 6. The van der Waals surface area contributed by atoms with Crippen LogP contribution < -0.4 is 15.0 Å². The Kier molecular flexibility index (Phi) is 5.49. The quantitative estimate of drug-likeness (QED) is 0.832. The zero-order chi connectivity index (χ0) is 16.8. The largest absolute Gasteiger partial charge is 0.497 e. The highest BCUT2D eigenvalue weighted by Gasteiger charge is 2.20. The van der Waals surface area contributed by atoms with E-state index in [0.717, 1.165) is 31.7 Å². The summed E-state index contributed by atoms with van der Waals surface area (Å²) in [4.78, 5) is 13.5. The summed E-state index contributed by atoms with van der Waals surface area (Å²) in [5.74, 6) is 0.995. The van der Waals surface area contributed by atoms with Gasteiger partial charge in [-0.05, 0) is 29.7 Å². The Morgan fingerprint density at radius 1 is 1.12 bits per heavy atom. The summed E-state index contributed by atoms with van der Waals surface area (Å²) in [7, 11) is 1.66. The van der Waals surface area contributed by atoms with Crippen LogP contribution in [-0.2, 0) is 24.2 Å². The SMILES string of the molecule is COc1ccc(CCNC(=O)C[NH+]2CCc3ccccc3C2)cc1. The highest BCUT2D eigenvalue weighted by atomic mass is 16.5. The van der Waals surface area contributed by atoms with Crippen molar-refractivity contribution in [1.29, 1.82) is 0 Å². The first-order valence-electron chi connectivity index (χ1n) is 8.54. The first-order chi connectivity index (χ1) is 11.7. The third kappa shape index (κ3) is 4.36. The van der Waals surface area contributed by atoms with Crippen LogP contribution in [0.4, 0.5) is 0 Å². The number of nitrogens with one attached hydrogen (secondary N) is 2. The molecule has 0 saturated carbocycles. The summed E-state index contributed by atoms with van der Waals surface area (Å²) < 4.78 is 5.15. The molecule has 0 aliphatic carbocycles. The molecule has 1 unspecified atom stereocenters. The van der Waals surface area contributed by atoms with E-state index in [9.17, 15) is 4.79 Å². The second kappa shape index (κ2) is 7.97. The molecule has 0 radical (unpaired) electrons. The standard InChI is InChI=1S/C20H24N2O2/c1-24-19-8-6-16(7-9-19)10-12-21-20(23)15-22-13-11-17-4-2-3-5-18(17)14-22/h2-9H,10-15H2,1H3,(H,21,23)/p+1. The van der Waals surface area contributed by atoms with Crippen molar-refractivity contribution in [3.8, 4) is 5.75 Å². The Morgan fingerprint density at radius 2 is 1.88 bits per heavy atom. The molecule has 1 heterocycles. The predicted molar refractivity (Wildman–Crippen MR) is 94.3 cm³/mol. The van der Waals surface area contributed by atoms with Crippen LogP contribution in [0.3, 0.4) is 0 Å². The first kappa shape index (κ1) is 16.5. The van der Waals surface area contributed by atoms with Crippen molar-refractivity contribution in [3.63, 3.8) is 0 Å². The number of hydrogen-bond acceptors (Lipinski definition) is 2. The van der Waals surface area contributed by atoms with Gasteiger partial charge in [0.15, 0.2) is 6.54 Å². The van der Waals surface area contributed by atoms with Crippen LogP contribution in [-0.4, -0.2) is 32.7 Å². The van der Waals surface area contributed by atoms with Crippen LogP contribution in [0.15, 0.2) is 48.5 Å². The maximum absolute atomic E-state index is 12.2. The lowest BCUT2D eigenvalue weighted by Gasteiger charge is -2.25. The van der Waals surface area contributed by atoms with E-state index in [4.69, 9.17) is 4.74 Å². The van der Waals surface area contributed by atoms with E-state index in [1.807, 2.05) is 24.3 Å². The number of ether oxygens (including phenoxy) is 1.